The summed E-state index contributed by atoms with van der Waals surface area (Å²) < 4.78 is 39.7. The third-order valence-corrected chi connectivity index (χ3v) is 3.71. The van der Waals surface area contributed by atoms with Crippen LogP contribution in [0.15, 0.2) is 41.6 Å². The fraction of sp³-hybridized carbons (Fsp3) is 0.167. The van der Waals surface area contributed by atoms with Gasteiger partial charge in [-0.25, -0.2) is 22.8 Å². The first-order valence-electron chi connectivity index (χ1n) is 5.86. The monoisotopic (exact) mass is 296 g/mol. The average molecular weight is 296 g/mol. The molecule has 0 bridgehead atoms. The second-order valence-electron chi connectivity index (χ2n) is 3.86. The standard InChI is InChI=1S/C12H13FN4O2S/c1-2-14-12-15-7-9(8-16-12)20(18,19)17-11-6-4-3-5-10(11)13/h3-8,17H,2H2,1H3,(H,14,15,16). The van der Waals surface area contributed by atoms with Gasteiger partial charge in [0.05, 0.1) is 18.1 Å². The minimum absolute atomic E-state index is 0.122. The van der Waals surface area contributed by atoms with Crippen LogP contribution in [0.3, 0.4) is 0 Å². The van der Waals surface area contributed by atoms with Gasteiger partial charge in [-0.1, -0.05) is 12.1 Å². The van der Waals surface area contributed by atoms with Gasteiger partial charge >= 0.3 is 0 Å². The van der Waals surface area contributed by atoms with Gasteiger partial charge in [-0.2, -0.15) is 0 Å². The number of rotatable bonds is 5. The molecule has 2 aromatic rings. The lowest BCUT2D eigenvalue weighted by molar-refractivity contribution is 0.597. The fourth-order valence-electron chi connectivity index (χ4n) is 1.45. The number of hydrogen-bond acceptors (Lipinski definition) is 5. The maximum Gasteiger partial charge on any atom is 0.265 e. The Labute approximate surface area is 116 Å². The predicted octanol–water partition coefficient (Wildman–Crippen LogP) is 1.85. The summed E-state index contributed by atoms with van der Waals surface area (Å²) in [6.45, 7) is 2.49. The molecule has 0 unspecified atom stereocenters. The highest BCUT2D eigenvalue weighted by Crippen LogP contribution is 2.18. The molecule has 106 valence electrons. The largest absolute Gasteiger partial charge is 0.355 e. The molecule has 8 heteroatoms. The highest BCUT2D eigenvalue weighted by atomic mass is 32.2. The van der Waals surface area contributed by atoms with Gasteiger partial charge in [-0.15, -0.1) is 0 Å². The third kappa shape index (κ3) is 3.21. The summed E-state index contributed by atoms with van der Waals surface area (Å²) in [4.78, 5) is 7.59. The first-order chi connectivity index (χ1) is 9.53. The zero-order chi connectivity index (χ0) is 14.6. The third-order valence-electron chi connectivity index (χ3n) is 2.39. The molecule has 2 rings (SSSR count). The molecular weight excluding hydrogens is 283 g/mol. The highest BCUT2D eigenvalue weighted by Gasteiger charge is 2.17. The summed E-state index contributed by atoms with van der Waals surface area (Å²) in [6, 6.07) is 5.51. The van der Waals surface area contributed by atoms with Gasteiger partial charge in [0.2, 0.25) is 5.95 Å². The van der Waals surface area contributed by atoms with Gasteiger partial charge in [-0.3, -0.25) is 4.72 Å². The minimum atomic E-state index is -3.91. The maximum absolute atomic E-state index is 13.4. The summed E-state index contributed by atoms with van der Waals surface area (Å²) in [6.07, 6.45) is 2.32. The van der Waals surface area contributed by atoms with E-state index in [-0.39, 0.29) is 10.6 Å². The molecule has 1 aromatic heterocycles. The molecule has 0 aliphatic carbocycles. The van der Waals surface area contributed by atoms with Gasteiger partial charge in [-0.05, 0) is 19.1 Å². The van der Waals surface area contributed by atoms with Crippen molar-refractivity contribution in [3.8, 4) is 0 Å². The number of benzene rings is 1. The van der Waals surface area contributed by atoms with Crippen molar-refractivity contribution in [3.05, 3.63) is 42.5 Å². The molecule has 0 radical (unpaired) electrons. The van der Waals surface area contributed by atoms with Crippen LogP contribution in [-0.4, -0.2) is 24.9 Å². The van der Waals surface area contributed by atoms with Gasteiger partial charge in [0, 0.05) is 6.54 Å². The Hall–Kier alpha value is -2.22. The molecule has 0 saturated heterocycles. The van der Waals surface area contributed by atoms with Crippen molar-refractivity contribution in [2.24, 2.45) is 0 Å². The number of aromatic nitrogens is 2. The molecule has 0 atom stereocenters. The Morgan fingerprint density at radius 2 is 1.85 bits per heavy atom. The van der Waals surface area contributed by atoms with E-state index in [1.165, 1.54) is 24.3 Å². The number of hydrogen-bond donors (Lipinski definition) is 2. The number of halogens is 1. The van der Waals surface area contributed by atoms with E-state index >= 15 is 0 Å². The van der Waals surface area contributed by atoms with Crippen molar-refractivity contribution in [3.63, 3.8) is 0 Å². The zero-order valence-electron chi connectivity index (χ0n) is 10.7. The quantitative estimate of drug-likeness (QED) is 0.879. The summed E-state index contributed by atoms with van der Waals surface area (Å²) >= 11 is 0. The van der Waals surface area contributed by atoms with Crippen LogP contribution in [0, 0.1) is 5.82 Å². The van der Waals surface area contributed by atoms with Gasteiger partial charge in [0.25, 0.3) is 10.0 Å². The molecule has 0 aliphatic rings. The van der Waals surface area contributed by atoms with Crippen molar-refractivity contribution < 1.29 is 12.8 Å². The smallest absolute Gasteiger partial charge is 0.265 e. The van der Waals surface area contributed by atoms with E-state index in [2.05, 4.69) is 20.0 Å². The molecule has 1 heterocycles. The van der Waals surface area contributed by atoms with E-state index in [1.807, 2.05) is 6.92 Å². The first-order valence-corrected chi connectivity index (χ1v) is 7.34. The van der Waals surface area contributed by atoms with Gasteiger partial charge < -0.3 is 5.32 Å². The Morgan fingerprint density at radius 3 is 2.45 bits per heavy atom. The van der Waals surface area contributed by atoms with Crippen molar-refractivity contribution in [1.29, 1.82) is 0 Å². The summed E-state index contributed by atoms with van der Waals surface area (Å²) in [7, 11) is -3.91. The second-order valence-corrected chi connectivity index (χ2v) is 5.54. The van der Waals surface area contributed by atoms with E-state index in [9.17, 15) is 12.8 Å². The van der Waals surface area contributed by atoms with Crippen molar-refractivity contribution in [1.82, 2.24) is 9.97 Å². The first kappa shape index (κ1) is 14.2. The van der Waals surface area contributed by atoms with E-state index < -0.39 is 15.8 Å². The number of anilines is 2. The number of para-hydroxylation sites is 1. The van der Waals surface area contributed by atoms with E-state index in [0.717, 1.165) is 12.4 Å². The topological polar surface area (TPSA) is 84.0 Å². The number of nitrogens with one attached hydrogen (secondary N) is 2. The SMILES string of the molecule is CCNc1ncc(S(=O)(=O)Nc2ccccc2F)cn1. The average Bonchev–Trinajstić information content (AvgIpc) is 2.42. The summed E-state index contributed by atoms with van der Waals surface area (Å²) in [5.41, 5.74) is -0.122. The van der Waals surface area contributed by atoms with Crippen LogP contribution in [0.5, 0.6) is 0 Å². The predicted molar refractivity (Wildman–Crippen MR) is 73.4 cm³/mol. The summed E-state index contributed by atoms with van der Waals surface area (Å²) in [5, 5.41) is 2.85. The molecule has 0 amide bonds. The Morgan fingerprint density at radius 1 is 1.20 bits per heavy atom. The van der Waals surface area contributed by atoms with Crippen molar-refractivity contribution >= 4 is 21.7 Å². The maximum atomic E-state index is 13.4. The molecular formula is C12H13FN4O2S. The van der Waals surface area contributed by atoms with Gasteiger partial charge in [0.15, 0.2) is 0 Å². The van der Waals surface area contributed by atoms with Crippen LogP contribution in [0.2, 0.25) is 0 Å². The van der Waals surface area contributed by atoms with Crippen LogP contribution in [-0.2, 0) is 10.0 Å². The van der Waals surface area contributed by atoms with E-state index in [1.54, 1.807) is 0 Å². The molecule has 20 heavy (non-hydrogen) atoms. The molecule has 0 saturated carbocycles. The second kappa shape index (κ2) is 5.83. The van der Waals surface area contributed by atoms with Crippen LogP contribution < -0.4 is 10.0 Å². The molecule has 6 nitrogen and oxygen atoms in total. The van der Waals surface area contributed by atoms with Gasteiger partial charge in [0.1, 0.15) is 10.7 Å². The van der Waals surface area contributed by atoms with Crippen molar-refractivity contribution in [2.75, 3.05) is 16.6 Å². The Kier molecular flexibility index (Phi) is 4.14. The molecule has 0 aliphatic heterocycles. The number of sulfonamides is 1. The Bertz CT molecular complexity index is 689. The fourth-order valence-corrected chi connectivity index (χ4v) is 2.41. The van der Waals surface area contributed by atoms with Crippen LogP contribution >= 0.6 is 0 Å². The van der Waals surface area contributed by atoms with E-state index in [0.29, 0.717) is 12.5 Å². The van der Waals surface area contributed by atoms with E-state index in [4.69, 9.17) is 0 Å². The highest BCUT2D eigenvalue weighted by molar-refractivity contribution is 7.92. The molecule has 0 spiro atoms. The minimum Gasteiger partial charge on any atom is -0.355 e. The Balaban J connectivity index is 2.24. The molecule has 0 fully saturated rings. The van der Waals surface area contributed by atoms with Crippen molar-refractivity contribution in [2.45, 2.75) is 11.8 Å². The normalized spacial score (nSPS) is 11.1. The molecule has 2 N–H and O–H groups in total. The summed E-state index contributed by atoms with van der Waals surface area (Å²) in [5.74, 6) is -0.321. The van der Waals surface area contributed by atoms with Crippen LogP contribution in [0.4, 0.5) is 16.0 Å². The van der Waals surface area contributed by atoms with Crippen LogP contribution in [0.1, 0.15) is 6.92 Å². The number of nitrogens with zero attached hydrogens (tertiary/aromatic N) is 2. The lowest BCUT2D eigenvalue weighted by atomic mass is 10.3. The molecule has 1 aromatic carbocycles. The zero-order valence-corrected chi connectivity index (χ0v) is 11.5. The van der Waals surface area contributed by atoms with Crippen LogP contribution in [0.25, 0.3) is 0 Å². The lowest BCUT2D eigenvalue weighted by Crippen LogP contribution is -2.15. The lowest BCUT2D eigenvalue weighted by Gasteiger charge is -2.08.